The fourth-order valence-electron chi connectivity index (χ4n) is 4.74. The van der Waals surface area contributed by atoms with E-state index in [1.807, 2.05) is 30.3 Å². The van der Waals surface area contributed by atoms with Crippen molar-refractivity contribution in [1.29, 1.82) is 0 Å². The maximum absolute atomic E-state index is 13.5. The number of methoxy groups -OCH3 is 3. The predicted molar refractivity (Wildman–Crippen MR) is 152 cm³/mol. The van der Waals surface area contributed by atoms with E-state index in [0.29, 0.717) is 41.6 Å². The van der Waals surface area contributed by atoms with Crippen LogP contribution >= 0.6 is 15.9 Å². The average Bonchev–Trinajstić information content (AvgIpc) is 3.19. The zero-order valence-electron chi connectivity index (χ0n) is 22.0. The quantitative estimate of drug-likeness (QED) is 0.404. The number of aromatic nitrogens is 2. The maximum atomic E-state index is 13.5. The number of nitrogen functional groups attached to an aromatic ring is 1. The van der Waals surface area contributed by atoms with Gasteiger partial charge in [-0.15, -0.1) is 0 Å². The number of amides is 1. The van der Waals surface area contributed by atoms with Gasteiger partial charge in [-0.05, 0) is 35.9 Å². The third-order valence-electron chi connectivity index (χ3n) is 6.72. The number of anilines is 2. The van der Waals surface area contributed by atoms with Crippen LogP contribution in [0.15, 0.2) is 46.0 Å². The number of ether oxygens (including phenoxy) is 3. The Labute approximate surface area is 235 Å². The second-order valence-electron chi connectivity index (χ2n) is 9.16. The maximum Gasteiger partial charge on any atom is 0.278 e. The summed E-state index contributed by atoms with van der Waals surface area (Å²) in [6.45, 7) is 4.02. The number of nitrogens with zero attached hydrogens (tertiary/aromatic N) is 5. The van der Waals surface area contributed by atoms with Gasteiger partial charge in [0.25, 0.3) is 11.9 Å². The van der Waals surface area contributed by atoms with Crippen LogP contribution in [0, 0.1) is 0 Å². The van der Waals surface area contributed by atoms with Crippen molar-refractivity contribution in [3.05, 3.63) is 57.7 Å². The summed E-state index contributed by atoms with van der Waals surface area (Å²) in [5.41, 5.74) is 9.74. The fourth-order valence-corrected chi connectivity index (χ4v) is 5.11. The number of hydrogen-bond donors (Lipinski definition) is 2. The molecule has 2 aliphatic rings. The van der Waals surface area contributed by atoms with Crippen LogP contribution in [-0.4, -0.2) is 80.7 Å². The van der Waals surface area contributed by atoms with E-state index in [2.05, 4.69) is 41.1 Å². The Morgan fingerprint density at radius 3 is 2.44 bits per heavy atom. The third-order valence-corrected chi connectivity index (χ3v) is 7.21. The summed E-state index contributed by atoms with van der Waals surface area (Å²) in [5.74, 6) is 1.81. The molecule has 0 aliphatic carbocycles. The molecule has 2 aliphatic heterocycles. The molecule has 0 unspecified atom stereocenters. The molecule has 12 heteroatoms. The second-order valence-corrected chi connectivity index (χ2v) is 10.1. The molecule has 0 radical (unpaired) electrons. The summed E-state index contributed by atoms with van der Waals surface area (Å²) in [6.07, 6.45) is 2.07. The van der Waals surface area contributed by atoms with Gasteiger partial charge < -0.3 is 25.3 Å². The Balaban J connectivity index is 1.42. The summed E-state index contributed by atoms with van der Waals surface area (Å²) < 4.78 is 17.2. The number of carbonyl (C=O) groups excluding carboxylic acids is 1. The molecule has 204 valence electrons. The Kier molecular flexibility index (Phi) is 7.96. The molecule has 3 heterocycles. The highest BCUT2D eigenvalue weighted by Crippen LogP contribution is 2.39. The van der Waals surface area contributed by atoms with Gasteiger partial charge >= 0.3 is 0 Å². The number of hydrogen-bond acceptors (Lipinski definition) is 10. The number of nitrogens with two attached hydrogens (primary N) is 1. The van der Waals surface area contributed by atoms with Crippen molar-refractivity contribution in [2.45, 2.75) is 6.42 Å². The number of piperazine rings is 1. The van der Waals surface area contributed by atoms with Crippen molar-refractivity contribution in [3.63, 3.8) is 0 Å². The van der Waals surface area contributed by atoms with Crippen LogP contribution in [0.1, 0.15) is 16.7 Å². The van der Waals surface area contributed by atoms with Gasteiger partial charge in [0.2, 0.25) is 5.75 Å². The van der Waals surface area contributed by atoms with Gasteiger partial charge in [-0.25, -0.2) is 9.98 Å². The van der Waals surface area contributed by atoms with Crippen LogP contribution in [0.3, 0.4) is 0 Å². The molecule has 0 saturated carbocycles. The van der Waals surface area contributed by atoms with E-state index in [0.717, 1.165) is 47.5 Å². The van der Waals surface area contributed by atoms with Gasteiger partial charge in [-0.1, -0.05) is 15.9 Å². The van der Waals surface area contributed by atoms with E-state index in [4.69, 9.17) is 19.9 Å². The Hall–Kier alpha value is -3.74. The third kappa shape index (κ3) is 5.54. The number of fused-ring (bicyclic) bond motifs is 1. The molecule has 11 nitrogen and oxygen atoms in total. The van der Waals surface area contributed by atoms with Crippen LogP contribution < -0.4 is 30.2 Å². The zero-order chi connectivity index (χ0) is 27.5. The highest BCUT2D eigenvalue weighted by atomic mass is 79.9. The number of halogens is 1. The van der Waals surface area contributed by atoms with Gasteiger partial charge in [0.1, 0.15) is 11.5 Å². The normalized spacial score (nSPS) is 16.5. The first-order valence-corrected chi connectivity index (χ1v) is 13.2. The Morgan fingerprint density at radius 2 is 1.79 bits per heavy atom. The summed E-state index contributed by atoms with van der Waals surface area (Å²) in [6, 6.07) is 9.46. The van der Waals surface area contributed by atoms with Crippen LogP contribution in [0.25, 0.3) is 0 Å². The van der Waals surface area contributed by atoms with Gasteiger partial charge in [0, 0.05) is 54.4 Å². The summed E-state index contributed by atoms with van der Waals surface area (Å²) in [5, 5.41) is 3.34. The van der Waals surface area contributed by atoms with E-state index in [-0.39, 0.29) is 17.7 Å². The van der Waals surface area contributed by atoms with Crippen molar-refractivity contribution in [2.75, 3.05) is 64.8 Å². The number of aliphatic imine (C=N–C) groups is 1. The smallest absolute Gasteiger partial charge is 0.278 e. The van der Waals surface area contributed by atoms with Crippen LogP contribution in [-0.2, 0) is 11.2 Å². The minimum Gasteiger partial charge on any atom is -0.493 e. The summed E-state index contributed by atoms with van der Waals surface area (Å²) >= 11 is 3.52. The van der Waals surface area contributed by atoms with E-state index >= 15 is 0 Å². The van der Waals surface area contributed by atoms with Crippen molar-refractivity contribution in [2.24, 2.45) is 4.99 Å². The highest BCUT2D eigenvalue weighted by Gasteiger charge is 2.35. The zero-order valence-corrected chi connectivity index (χ0v) is 23.6. The number of carbonyl (C=O) groups is 1. The molecule has 3 N–H and O–H groups in total. The molecular formula is C27H30BrN7O4. The molecule has 5 rings (SSSR count). The lowest BCUT2D eigenvalue weighted by atomic mass is 10.1. The highest BCUT2D eigenvalue weighted by molar-refractivity contribution is 9.10. The van der Waals surface area contributed by atoms with E-state index in [1.54, 1.807) is 32.4 Å². The minimum absolute atomic E-state index is 0.124. The predicted octanol–water partition coefficient (Wildman–Crippen LogP) is 2.77. The summed E-state index contributed by atoms with van der Waals surface area (Å²) in [7, 11) is 4.69. The standard InChI is InChI=1S/C27H30BrN7O4/c1-37-21-11-16(12-22(38-2)24(21)39-3)10-17-14-31-27(33-25(17)29)32-23-19-13-18(28)4-5-20(19)35(26(23)36)15-34-8-6-30-7-9-34/h4-5,11-14,30H,6-10,15H2,1-3H3,(H2,29,31,33)/b32-23-. The molecule has 39 heavy (non-hydrogen) atoms. The first kappa shape index (κ1) is 26.9. The van der Waals surface area contributed by atoms with Crippen LogP contribution in [0.5, 0.6) is 17.2 Å². The Morgan fingerprint density at radius 1 is 1.08 bits per heavy atom. The lowest BCUT2D eigenvalue weighted by Crippen LogP contribution is -2.49. The molecule has 2 aromatic carbocycles. The molecule has 0 spiro atoms. The van der Waals surface area contributed by atoms with Gasteiger partial charge in [0.15, 0.2) is 11.5 Å². The molecular weight excluding hydrogens is 566 g/mol. The molecule has 1 fully saturated rings. The van der Waals surface area contributed by atoms with E-state index < -0.39 is 0 Å². The number of rotatable bonds is 8. The fraction of sp³-hybridized carbons (Fsp3) is 0.333. The van der Waals surface area contributed by atoms with E-state index in [9.17, 15) is 4.79 Å². The van der Waals surface area contributed by atoms with Crippen LogP contribution in [0.4, 0.5) is 17.5 Å². The minimum atomic E-state index is -0.190. The van der Waals surface area contributed by atoms with Gasteiger partial charge in [-0.2, -0.15) is 4.98 Å². The topological polar surface area (TPSA) is 127 Å². The largest absolute Gasteiger partial charge is 0.493 e. The van der Waals surface area contributed by atoms with Crippen molar-refractivity contribution in [3.8, 4) is 17.2 Å². The molecule has 0 atom stereocenters. The molecule has 1 aromatic heterocycles. The number of benzene rings is 2. The monoisotopic (exact) mass is 595 g/mol. The molecule has 1 saturated heterocycles. The second kappa shape index (κ2) is 11.6. The first-order valence-electron chi connectivity index (χ1n) is 12.5. The first-order chi connectivity index (χ1) is 18.9. The molecule has 3 aromatic rings. The molecule has 1 amide bonds. The lowest BCUT2D eigenvalue weighted by Gasteiger charge is -2.31. The van der Waals surface area contributed by atoms with Crippen molar-refractivity contribution < 1.29 is 19.0 Å². The van der Waals surface area contributed by atoms with E-state index in [1.165, 1.54) is 0 Å². The van der Waals surface area contributed by atoms with Gasteiger partial charge in [0.05, 0.1) is 33.7 Å². The number of nitrogens with one attached hydrogen (secondary N) is 1. The van der Waals surface area contributed by atoms with Crippen molar-refractivity contribution >= 4 is 45.0 Å². The summed E-state index contributed by atoms with van der Waals surface area (Å²) in [4.78, 5) is 30.9. The van der Waals surface area contributed by atoms with Gasteiger partial charge in [-0.3, -0.25) is 14.6 Å². The molecule has 0 bridgehead atoms. The lowest BCUT2D eigenvalue weighted by molar-refractivity contribution is -0.112. The Bertz CT molecular complexity index is 1400. The SMILES string of the molecule is COc1cc(Cc2cnc(/N=C3\C(=O)N(CN4CCNCC4)c4ccc(Br)cc43)nc2N)cc(OC)c1OC. The average molecular weight is 596 g/mol. The van der Waals surface area contributed by atoms with Crippen LogP contribution in [0.2, 0.25) is 0 Å². The van der Waals surface area contributed by atoms with Crippen molar-refractivity contribution in [1.82, 2.24) is 20.2 Å².